The van der Waals surface area contributed by atoms with Crippen molar-refractivity contribution in [3.63, 3.8) is 0 Å². The van der Waals surface area contributed by atoms with Gasteiger partial charge in [0.15, 0.2) is 10.6 Å². The van der Waals surface area contributed by atoms with Crippen molar-refractivity contribution >= 4 is 57.5 Å². The molecule has 0 aliphatic carbocycles. The molecule has 1 aromatic rings. The van der Waals surface area contributed by atoms with Gasteiger partial charge in [-0.05, 0) is 12.1 Å². The maximum atomic E-state index is 6.04. The Morgan fingerprint density at radius 3 is 1.27 bits per heavy atom. The van der Waals surface area contributed by atoms with Gasteiger partial charge in [-0.2, -0.15) is 0 Å². The van der Waals surface area contributed by atoms with Gasteiger partial charge in [-0.15, -0.1) is 0 Å². The van der Waals surface area contributed by atoms with E-state index in [1.54, 1.807) is 0 Å². The molecule has 0 saturated carbocycles. The van der Waals surface area contributed by atoms with Gasteiger partial charge in [0.2, 0.25) is 0 Å². The van der Waals surface area contributed by atoms with Crippen LogP contribution in [-0.2, 0) is 29.5 Å². The van der Waals surface area contributed by atoms with Crippen molar-refractivity contribution in [2.24, 2.45) is 10.8 Å². The fourth-order valence-corrected chi connectivity index (χ4v) is 6.92. The number of hydrogen-bond donors (Lipinski definition) is 0. The number of halogens is 3. The van der Waals surface area contributed by atoms with Crippen LogP contribution in [0, 0.1) is 10.8 Å². The molecule has 149 valence electrons. The van der Waals surface area contributed by atoms with Gasteiger partial charge in [-0.1, -0.05) is 39.8 Å². The topological polar surface area (TPSA) is 36.9 Å². The second-order valence-electron chi connectivity index (χ2n) is 7.78. The van der Waals surface area contributed by atoms with E-state index < -0.39 is 28.1 Å². The molecule has 2 aliphatic rings. The molecular weight excluding hydrogens is 476 g/mol. The molecule has 0 aromatic heterocycles. The van der Waals surface area contributed by atoms with Crippen LogP contribution in [0.15, 0.2) is 24.3 Å². The average Bonchev–Trinajstić information content (AvgIpc) is 2.55. The normalized spacial score (nSPS) is 23.4. The summed E-state index contributed by atoms with van der Waals surface area (Å²) in [6.07, 6.45) is 0. The summed E-state index contributed by atoms with van der Waals surface area (Å²) in [6, 6.07) is 8.29. The van der Waals surface area contributed by atoms with E-state index in [0.29, 0.717) is 0 Å². The van der Waals surface area contributed by atoms with Gasteiger partial charge in [-0.25, -0.2) is 18.1 Å². The van der Waals surface area contributed by atoms with Crippen molar-refractivity contribution in [1.29, 1.82) is 0 Å². The summed E-state index contributed by atoms with van der Waals surface area (Å²) in [5.74, 6) is 0. The Bertz CT molecular complexity index is 523. The summed E-state index contributed by atoms with van der Waals surface area (Å²) < 4.78 is 24.1. The zero-order valence-electron chi connectivity index (χ0n) is 15.3. The maximum absolute atomic E-state index is 6.04. The molecule has 0 atom stereocenters. The summed E-state index contributed by atoms with van der Waals surface area (Å²) in [4.78, 5) is 0. The third-order valence-corrected chi connectivity index (χ3v) is 7.37. The molecule has 0 amide bonds. The zero-order chi connectivity index (χ0) is 19.4. The fourth-order valence-electron chi connectivity index (χ4n) is 2.36. The molecule has 0 N–H and O–H groups in total. The second-order valence-corrected chi connectivity index (χ2v) is 17.5. The molecule has 2 heterocycles. The van der Waals surface area contributed by atoms with Crippen molar-refractivity contribution in [2.45, 2.75) is 27.7 Å². The first-order valence-electron chi connectivity index (χ1n) is 8.18. The quantitative estimate of drug-likeness (QED) is 0.519. The van der Waals surface area contributed by atoms with E-state index in [9.17, 15) is 0 Å². The van der Waals surface area contributed by atoms with E-state index in [0.717, 1.165) is 37.0 Å². The Labute approximate surface area is 175 Å². The van der Waals surface area contributed by atoms with Crippen LogP contribution in [0.1, 0.15) is 27.7 Å². The molecule has 2 aliphatic heterocycles. The van der Waals surface area contributed by atoms with E-state index in [1.807, 2.05) is 12.1 Å². The van der Waals surface area contributed by atoms with E-state index >= 15 is 0 Å². The predicted octanol–water partition coefficient (Wildman–Crippen LogP) is 5.24. The van der Waals surface area contributed by atoms with E-state index in [4.69, 9.17) is 48.2 Å². The van der Waals surface area contributed by atoms with Crippen LogP contribution in [0.4, 0.5) is 0 Å². The first-order chi connectivity index (χ1) is 12.1. The van der Waals surface area contributed by atoms with Gasteiger partial charge in [-0.3, -0.25) is 0 Å². The van der Waals surface area contributed by atoms with Gasteiger partial charge >= 0.3 is 41.5 Å². The molecule has 10 heteroatoms. The molecule has 2 fully saturated rings. The van der Waals surface area contributed by atoms with Gasteiger partial charge in [0.05, 0.1) is 0 Å². The molecule has 0 spiro atoms. The Balaban J connectivity index is 0.000000552. The Morgan fingerprint density at radius 2 is 1.00 bits per heavy atom. The Morgan fingerprint density at radius 1 is 0.731 bits per heavy atom. The minimum atomic E-state index is -1.62. The van der Waals surface area contributed by atoms with Crippen LogP contribution in [-0.4, -0.2) is 26.4 Å². The van der Waals surface area contributed by atoms with Crippen molar-refractivity contribution in [3.05, 3.63) is 24.3 Å². The zero-order valence-corrected chi connectivity index (χ0v) is 20.9. The second kappa shape index (κ2) is 10.4. The molecule has 2 saturated heterocycles. The Hall–Kier alpha value is 1.32. The summed E-state index contributed by atoms with van der Waals surface area (Å²) >= 11 is -1.62. The molecule has 0 radical (unpaired) electrons. The predicted molar refractivity (Wildman–Crippen MR) is 111 cm³/mol. The molecular formula is C16H26Cl3CrO4P2+2. The monoisotopic (exact) mass is 501 g/mol. The van der Waals surface area contributed by atoms with E-state index in [-0.39, 0.29) is 10.8 Å². The molecule has 3 rings (SSSR count). The van der Waals surface area contributed by atoms with Crippen molar-refractivity contribution in [3.8, 4) is 0 Å². The van der Waals surface area contributed by atoms with Crippen LogP contribution >= 0.6 is 46.9 Å². The van der Waals surface area contributed by atoms with Gasteiger partial charge < -0.3 is 0 Å². The first kappa shape index (κ1) is 23.6. The minimum absolute atomic E-state index is 0.0966. The van der Waals surface area contributed by atoms with Crippen molar-refractivity contribution < 1.29 is 29.5 Å². The average molecular weight is 503 g/mol. The molecule has 26 heavy (non-hydrogen) atoms. The van der Waals surface area contributed by atoms with Crippen LogP contribution < -0.4 is 10.6 Å². The van der Waals surface area contributed by atoms with Gasteiger partial charge in [0.1, 0.15) is 26.4 Å². The van der Waals surface area contributed by atoms with Crippen LogP contribution in [0.3, 0.4) is 0 Å². The first-order valence-corrected chi connectivity index (χ1v) is 16.1. The molecule has 4 nitrogen and oxygen atoms in total. The Kier molecular flexibility index (Phi) is 9.42. The van der Waals surface area contributed by atoms with E-state index in [1.165, 1.54) is 0 Å². The number of hydrogen-bond acceptors (Lipinski definition) is 4. The van der Waals surface area contributed by atoms with Crippen LogP contribution in [0.2, 0.25) is 0 Å². The molecule has 0 bridgehead atoms. The van der Waals surface area contributed by atoms with Gasteiger partial charge in [0.25, 0.3) is 16.8 Å². The fraction of sp³-hybridized carbons (Fsp3) is 0.625. The number of rotatable bonds is 2. The molecule has 1 aromatic carbocycles. The summed E-state index contributed by atoms with van der Waals surface area (Å²) in [5, 5.41) is 2.30. The van der Waals surface area contributed by atoms with Crippen LogP contribution in [0.5, 0.6) is 0 Å². The third-order valence-electron chi connectivity index (χ3n) is 3.74. The summed E-state index contributed by atoms with van der Waals surface area (Å²) in [6.45, 7) is 11.6. The van der Waals surface area contributed by atoms with Crippen molar-refractivity contribution in [1.82, 2.24) is 0 Å². The third kappa shape index (κ3) is 7.63. The number of benzene rings is 1. The van der Waals surface area contributed by atoms with Crippen molar-refractivity contribution in [2.75, 3.05) is 26.4 Å². The SMILES string of the molecule is CC1(C)CO[PH+](c2ccccc2[PH+]2OCC(C)(C)CO2)OC1.[Cl][Cr]([Cl])[Cl]. The van der Waals surface area contributed by atoms with Gasteiger partial charge in [0, 0.05) is 10.8 Å². The summed E-state index contributed by atoms with van der Waals surface area (Å²) in [5.41, 5.74) is 0.193. The van der Waals surface area contributed by atoms with Crippen LogP contribution in [0.25, 0.3) is 0 Å². The van der Waals surface area contributed by atoms with E-state index in [2.05, 4.69) is 39.8 Å². The standard InChI is InChI=1S/C16H24O4P2.3ClH.Cr/c1-15(2)9-17-21(18-10-15)13-7-5-6-8-14(13)22-19-11-16(3,4)12-20-22;;;;/h5-8H,9-12H2,1-4H3;3*1H;/q;;;;+3/p-1. The molecule has 0 unspecified atom stereocenters. The summed E-state index contributed by atoms with van der Waals surface area (Å²) in [7, 11) is 11.9.